The maximum Gasteiger partial charge on any atom is 0.314 e. The molecular formula is C15H18F2N2O3. The van der Waals surface area contributed by atoms with Crippen molar-refractivity contribution in [3.05, 3.63) is 29.8 Å². The van der Waals surface area contributed by atoms with Crippen molar-refractivity contribution in [1.82, 2.24) is 4.90 Å². The van der Waals surface area contributed by atoms with Crippen LogP contribution in [-0.4, -0.2) is 41.5 Å². The summed E-state index contributed by atoms with van der Waals surface area (Å²) < 4.78 is 26.9. The van der Waals surface area contributed by atoms with E-state index in [1.54, 1.807) is 0 Å². The van der Waals surface area contributed by atoms with Crippen LogP contribution in [0.3, 0.4) is 0 Å². The summed E-state index contributed by atoms with van der Waals surface area (Å²) in [6.45, 7) is 0.229. The molecule has 2 amide bonds. The van der Waals surface area contributed by atoms with Crippen LogP contribution in [0, 0.1) is 17.6 Å². The number of nitrogens with one attached hydrogen (secondary N) is 1. The lowest BCUT2D eigenvalue weighted by Gasteiger charge is -2.22. The van der Waals surface area contributed by atoms with Crippen LogP contribution in [0.1, 0.15) is 19.3 Å². The van der Waals surface area contributed by atoms with Gasteiger partial charge in [-0.3, -0.25) is 9.59 Å². The van der Waals surface area contributed by atoms with Crippen molar-refractivity contribution in [1.29, 1.82) is 0 Å². The van der Waals surface area contributed by atoms with Gasteiger partial charge in [-0.1, -0.05) is 12.5 Å². The molecule has 0 radical (unpaired) electrons. The molecule has 1 aromatic carbocycles. The number of halogens is 2. The Kier molecular flexibility index (Phi) is 5.07. The molecule has 0 bridgehead atoms. The highest BCUT2D eigenvalue weighted by Crippen LogP contribution is 2.26. The molecule has 2 unspecified atom stereocenters. The number of hydrogen-bond acceptors (Lipinski definition) is 3. The zero-order valence-corrected chi connectivity index (χ0v) is 12.2. The molecule has 1 aliphatic rings. The average Bonchev–Trinajstić information content (AvgIpc) is 2.87. The molecule has 2 N–H and O–H groups in total. The lowest BCUT2D eigenvalue weighted by atomic mass is 10.1. The fourth-order valence-corrected chi connectivity index (χ4v) is 2.62. The first kappa shape index (κ1) is 16.4. The molecule has 7 heteroatoms. The van der Waals surface area contributed by atoms with Crippen LogP contribution in [0.4, 0.5) is 14.5 Å². The molecule has 1 fully saturated rings. The normalized spacial score (nSPS) is 20.7. The van der Waals surface area contributed by atoms with E-state index in [1.165, 1.54) is 7.05 Å². The number of carbonyl (C=O) groups excluding carboxylic acids is 2. The zero-order valence-electron chi connectivity index (χ0n) is 12.2. The van der Waals surface area contributed by atoms with Crippen molar-refractivity contribution in [2.75, 3.05) is 18.9 Å². The van der Waals surface area contributed by atoms with Crippen LogP contribution in [0.5, 0.6) is 0 Å². The summed E-state index contributed by atoms with van der Waals surface area (Å²) in [5.41, 5.74) is -0.643. The van der Waals surface area contributed by atoms with Crippen LogP contribution in [0.2, 0.25) is 0 Å². The fraction of sp³-hybridized carbons (Fsp3) is 0.467. The highest BCUT2D eigenvalue weighted by atomic mass is 19.1. The Hall–Kier alpha value is -2.02. The predicted molar refractivity (Wildman–Crippen MR) is 76.0 cm³/mol. The Bertz CT molecular complexity index is 560. The monoisotopic (exact) mass is 312 g/mol. The molecule has 0 saturated heterocycles. The van der Waals surface area contributed by atoms with Gasteiger partial charge < -0.3 is 15.3 Å². The summed E-state index contributed by atoms with van der Waals surface area (Å²) in [5.74, 6) is -3.99. The highest BCUT2D eigenvalue weighted by Gasteiger charge is 2.29. The third-order valence-corrected chi connectivity index (χ3v) is 3.87. The summed E-state index contributed by atoms with van der Waals surface area (Å²) in [7, 11) is 1.42. The number of hydrogen-bond donors (Lipinski definition) is 2. The zero-order chi connectivity index (χ0) is 16.3. The minimum atomic E-state index is -1.11. The molecule has 5 nitrogen and oxygen atoms in total. The summed E-state index contributed by atoms with van der Waals surface area (Å²) in [6.07, 6.45) is 1.85. The minimum Gasteiger partial charge on any atom is -0.393 e. The summed E-state index contributed by atoms with van der Waals surface area (Å²) in [5, 5.41) is 11.7. The maximum absolute atomic E-state index is 13.4. The SMILES string of the molecule is CN(CC1CCCC1O)C(=O)C(=O)Nc1c(F)cccc1F. The highest BCUT2D eigenvalue weighted by molar-refractivity contribution is 6.39. The van der Waals surface area contributed by atoms with Crippen LogP contribution < -0.4 is 5.32 Å². The summed E-state index contributed by atoms with van der Waals surface area (Å²) >= 11 is 0. The fourth-order valence-electron chi connectivity index (χ4n) is 2.62. The van der Waals surface area contributed by atoms with E-state index < -0.39 is 35.2 Å². The summed E-state index contributed by atoms with van der Waals surface area (Å²) in [6, 6.07) is 3.14. The second-order valence-corrected chi connectivity index (χ2v) is 5.49. The van der Waals surface area contributed by atoms with E-state index in [-0.39, 0.29) is 12.5 Å². The van der Waals surface area contributed by atoms with Crippen molar-refractivity contribution in [2.45, 2.75) is 25.4 Å². The standard InChI is InChI=1S/C15H18F2N2O3/c1-19(8-9-4-2-7-12(9)20)15(22)14(21)18-13-10(16)5-3-6-11(13)17/h3,5-6,9,12,20H,2,4,7-8H2,1H3,(H,18,21). The van der Waals surface area contributed by atoms with Crippen LogP contribution in [-0.2, 0) is 9.59 Å². The minimum absolute atomic E-state index is 0.0769. The molecule has 1 aromatic rings. The van der Waals surface area contributed by atoms with Gasteiger partial charge in [-0.2, -0.15) is 0 Å². The number of aliphatic hydroxyl groups is 1. The molecular weight excluding hydrogens is 294 g/mol. The molecule has 0 aliphatic heterocycles. The number of carbonyl (C=O) groups is 2. The Balaban J connectivity index is 1.98. The van der Waals surface area contributed by atoms with E-state index in [1.807, 2.05) is 5.32 Å². The third-order valence-electron chi connectivity index (χ3n) is 3.87. The van der Waals surface area contributed by atoms with E-state index in [2.05, 4.69) is 0 Å². The van der Waals surface area contributed by atoms with Gasteiger partial charge in [0.15, 0.2) is 0 Å². The first-order chi connectivity index (χ1) is 10.4. The quantitative estimate of drug-likeness (QED) is 0.832. The molecule has 2 atom stereocenters. The van der Waals surface area contributed by atoms with Crippen molar-refractivity contribution < 1.29 is 23.5 Å². The number of para-hydroxylation sites is 1. The number of amides is 2. The Morgan fingerprint density at radius 2 is 1.95 bits per heavy atom. The van der Waals surface area contributed by atoms with Gasteiger partial charge in [0.2, 0.25) is 0 Å². The van der Waals surface area contributed by atoms with Crippen LogP contribution in [0.25, 0.3) is 0 Å². The predicted octanol–water partition coefficient (Wildman–Crippen LogP) is 1.52. The van der Waals surface area contributed by atoms with Gasteiger partial charge in [-0.05, 0) is 25.0 Å². The van der Waals surface area contributed by atoms with Crippen molar-refractivity contribution in [3.63, 3.8) is 0 Å². The Labute approximate surface area is 126 Å². The van der Waals surface area contributed by atoms with E-state index in [9.17, 15) is 23.5 Å². The van der Waals surface area contributed by atoms with Gasteiger partial charge in [-0.25, -0.2) is 8.78 Å². The van der Waals surface area contributed by atoms with Gasteiger partial charge in [0.05, 0.1) is 6.10 Å². The molecule has 120 valence electrons. The Morgan fingerprint density at radius 3 is 2.50 bits per heavy atom. The average molecular weight is 312 g/mol. The van der Waals surface area contributed by atoms with Crippen LogP contribution in [0.15, 0.2) is 18.2 Å². The Morgan fingerprint density at radius 1 is 1.32 bits per heavy atom. The number of anilines is 1. The van der Waals surface area contributed by atoms with E-state index in [0.29, 0.717) is 6.42 Å². The third kappa shape index (κ3) is 3.59. The van der Waals surface area contributed by atoms with Crippen molar-refractivity contribution >= 4 is 17.5 Å². The largest absolute Gasteiger partial charge is 0.393 e. The summed E-state index contributed by atoms with van der Waals surface area (Å²) in [4.78, 5) is 24.9. The van der Waals surface area contributed by atoms with E-state index in [0.717, 1.165) is 35.9 Å². The smallest absolute Gasteiger partial charge is 0.314 e. The van der Waals surface area contributed by atoms with E-state index in [4.69, 9.17) is 0 Å². The molecule has 0 aromatic heterocycles. The van der Waals surface area contributed by atoms with Gasteiger partial charge in [0.25, 0.3) is 0 Å². The molecule has 2 rings (SSSR count). The number of benzene rings is 1. The number of nitrogens with zero attached hydrogens (tertiary/aromatic N) is 1. The maximum atomic E-state index is 13.4. The number of likely N-dealkylation sites (N-methyl/N-ethyl adjacent to an activating group) is 1. The molecule has 1 saturated carbocycles. The van der Waals surface area contributed by atoms with Gasteiger partial charge >= 0.3 is 11.8 Å². The number of rotatable bonds is 3. The second-order valence-electron chi connectivity index (χ2n) is 5.49. The van der Waals surface area contributed by atoms with Crippen molar-refractivity contribution in [2.24, 2.45) is 5.92 Å². The molecule has 22 heavy (non-hydrogen) atoms. The van der Waals surface area contributed by atoms with Gasteiger partial charge in [0, 0.05) is 19.5 Å². The van der Waals surface area contributed by atoms with Crippen molar-refractivity contribution in [3.8, 4) is 0 Å². The number of aliphatic hydroxyl groups excluding tert-OH is 1. The molecule has 1 aliphatic carbocycles. The van der Waals surface area contributed by atoms with Gasteiger partial charge in [0.1, 0.15) is 17.3 Å². The lowest BCUT2D eigenvalue weighted by Crippen LogP contribution is -2.41. The lowest BCUT2D eigenvalue weighted by molar-refractivity contribution is -0.142. The topological polar surface area (TPSA) is 69.6 Å². The molecule has 0 spiro atoms. The second kappa shape index (κ2) is 6.83. The van der Waals surface area contributed by atoms with Crippen LogP contribution >= 0.6 is 0 Å². The molecule has 0 heterocycles. The van der Waals surface area contributed by atoms with E-state index >= 15 is 0 Å². The first-order valence-corrected chi connectivity index (χ1v) is 7.08. The van der Waals surface area contributed by atoms with Gasteiger partial charge in [-0.15, -0.1) is 0 Å². The first-order valence-electron chi connectivity index (χ1n) is 7.08.